The second-order valence-corrected chi connectivity index (χ2v) is 5.64. The average Bonchev–Trinajstić information content (AvgIpc) is 2.49. The van der Waals surface area contributed by atoms with Gasteiger partial charge in [0.15, 0.2) is 5.82 Å². The maximum Gasteiger partial charge on any atom is 0.293 e. The molecule has 0 aliphatic heterocycles. The molecule has 0 spiro atoms. The second kappa shape index (κ2) is 7.22. The van der Waals surface area contributed by atoms with Gasteiger partial charge < -0.3 is 15.2 Å². The van der Waals surface area contributed by atoms with Gasteiger partial charge in [0.1, 0.15) is 0 Å². The third kappa shape index (κ3) is 3.94. The Balaban J connectivity index is 2.00. The number of nitrogens with one attached hydrogen (secondary N) is 2. The fourth-order valence-corrected chi connectivity index (χ4v) is 2.42. The molecule has 1 aromatic heterocycles. The van der Waals surface area contributed by atoms with E-state index in [1.165, 1.54) is 10.8 Å². The van der Waals surface area contributed by atoms with Crippen molar-refractivity contribution < 1.29 is 4.79 Å². The van der Waals surface area contributed by atoms with Crippen LogP contribution in [0, 0.1) is 6.92 Å². The molecule has 1 amide bonds. The fourth-order valence-electron chi connectivity index (χ4n) is 1.94. The smallest absolute Gasteiger partial charge is 0.293 e. The Morgan fingerprint density at radius 2 is 2.18 bits per heavy atom. The highest BCUT2D eigenvalue weighted by Gasteiger charge is 2.08. The van der Waals surface area contributed by atoms with Crippen molar-refractivity contribution in [1.82, 2.24) is 9.55 Å². The van der Waals surface area contributed by atoms with Crippen LogP contribution in [-0.4, -0.2) is 22.0 Å². The SMILES string of the molecule is CCn1ccnc(NCC(=O)Nc2ccc(Br)cc2C)c1=O. The van der Waals surface area contributed by atoms with Crippen molar-refractivity contribution in [3.05, 3.63) is 51.0 Å². The minimum absolute atomic E-state index is 0.0223. The Hall–Kier alpha value is -2.15. The normalized spacial score (nSPS) is 10.3. The van der Waals surface area contributed by atoms with Crippen LogP contribution in [0.5, 0.6) is 0 Å². The molecule has 2 aromatic rings. The zero-order valence-corrected chi connectivity index (χ0v) is 14.0. The number of rotatable bonds is 5. The molecule has 0 atom stereocenters. The van der Waals surface area contributed by atoms with E-state index in [0.29, 0.717) is 6.54 Å². The number of aromatic nitrogens is 2. The molecule has 2 rings (SSSR count). The number of nitrogens with zero attached hydrogens (tertiary/aromatic N) is 2. The summed E-state index contributed by atoms with van der Waals surface area (Å²) in [4.78, 5) is 27.9. The van der Waals surface area contributed by atoms with Crippen LogP contribution in [0.3, 0.4) is 0 Å². The van der Waals surface area contributed by atoms with Gasteiger partial charge in [-0.1, -0.05) is 15.9 Å². The lowest BCUT2D eigenvalue weighted by molar-refractivity contribution is -0.114. The molecular formula is C15H17BrN4O2. The van der Waals surface area contributed by atoms with Crippen LogP contribution in [0.25, 0.3) is 0 Å². The van der Waals surface area contributed by atoms with E-state index in [1.54, 1.807) is 6.20 Å². The largest absolute Gasteiger partial charge is 0.356 e. The summed E-state index contributed by atoms with van der Waals surface area (Å²) in [5.41, 5.74) is 1.45. The van der Waals surface area contributed by atoms with Crippen LogP contribution in [0.4, 0.5) is 11.5 Å². The minimum Gasteiger partial charge on any atom is -0.356 e. The highest BCUT2D eigenvalue weighted by Crippen LogP contribution is 2.19. The summed E-state index contributed by atoms with van der Waals surface area (Å²) in [5.74, 6) is -0.0643. The Kier molecular flexibility index (Phi) is 5.32. The van der Waals surface area contributed by atoms with E-state index in [4.69, 9.17) is 0 Å². The van der Waals surface area contributed by atoms with Gasteiger partial charge in [-0.15, -0.1) is 0 Å². The molecule has 0 saturated carbocycles. The van der Waals surface area contributed by atoms with E-state index >= 15 is 0 Å². The van der Waals surface area contributed by atoms with E-state index in [-0.39, 0.29) is 23.8 Å². The highest BCUT2D eigenvalue weighted by atomic mass is 79.9. The maximum atomic E-state index is 12.0. The number of amides is 1. The van der Waals surface area contributed by atoms with Gasteiger partial charge in [-0.25, -0.2) is 4.98 Å². The molecule has 0 aliphatic rings. The van der Waals surface area contributed by atoms with Gasteiger partial charge >= 0.3 is 0 Å². The third-order valence-corrected chi connectivity index (χ3v) is 3.63. The third-order valence-electron chi connectivity index (χ3n) is 3.13. The van der Waals surface area contributed by atoms with Crippen LogP contribution in [0.15, 0.2) is 39.9 Å². The summed E-state index contributed by atoms with van der Waals surface area (Å²) in [7, 11) is 0. The molecule has 6 nitrogen and oxygen atoms in total. The molecule has 0 aliphatic carbocycles. The summed E-state index contributed by atoms with van der Waals surface area (Å²) in [5, 5.41) is 5.57. The number of carbonyl (C=O) groups excluding carboxylic acids is 1. The lowest BCUT2D eigenvalue weighted by atomic mass is 10.2. The maximum absolute atomic E-state index is 12.0. The molecule has 2 N–H and O–H groups in total. The van der Waals surface area contributed by atoms with Gasteiger partial charge in [0.2, 0.25) is 5.91 Å². The molecule has 0 bridgehead atoms. The average molecular weight is 365 g/mol. The molecule has 1 aromatic carbocycles. The Morgan fingerprint density at radius 3 is 2.86 bits per heavy atom. The number of aryl methyl sites for hydroxylation is 2. The molecule has 0 fully saturated rings. The van der Waals surface area contributed by atoms with Gasteiger partial charge in [-0.05, 0) is 37.6 Å². The minimum atomic E-state index is -0.238. The van der Waals surface area contributed by atoms with E-state index in [0.717, 1.165) is 15.7 Å². The van der Waals surface area contributed by atoms with Crippen LogP contribution in [0.2, 0.25) is 0 Å². The predicted octanol–water partition coefficient (Wildman–Crippen LogP) is 2.38. The molecule has 7 heteroatoms. The topological polar surface area (TPSA) is 76.0 Å². The van der Waals surface area contributed by atoms with Crippen molar-refractivity contribution in [2.45, 2.75) is 20.4 Å². The Morgan fingerprint density at radius 1 is 1.41 bits per heavy atom. The summed E-state index contributed by atoms with van der Waals surface area (Å²) in [6.45, 7) is 4.31. The first-order chi connectivity index (χ1) is 10.5. The van der Waals surface area contributed by atoms with Gasteiger partial charge in [0.25, 0.3) is 5.56 Å². The monoisotopic (exact) mass is 364 g/mol. The van der Waals surface area contributed by atoms with E-state index in [2.05, 4.69) is 31.5 Å². The number of hydrogen-bond acceptors (Lipinski definition) is 4. The molecule has 0 saturated heterocycles. The van der Waals surface area contributed by atoms with E-state index < -0.39 is 0 Å². The first-order valence-electron chi connectivity index (χ1n) is 6.86. The van der Waals surface area contributed by atoms with Crippen LogP contribution >= 0.6 is 15.9 Å². The number of hydrogen-bond donors (Lipinski definition) is 2. The first-order valence-corrected chi connectivity index (χ1v) is 7.66. The molecule has 0 unspecified atom stereocenters. The number of anilines is 2. The van der Waals surface area contributed by atoms with Crippen molar-refractivity contribution >= 4 is 33.3 Å². The lowest BCUT2D eigenvalue weighted by Crippen LogP contribution is -2.28. The molecule has 116 valence electrons. The standard InChI is InChI=1S/C15H17BrN4O2/c1-3-20-7-6-17-14(15(20)22)18-9-13(21)19-12-5-4-11(16)8-10(12)2/h4-8H,3,9H2,1-2H3,(H,17,18)(H,19,21). The van der Waals surface area contributed by atoms with Crippen molar-refractivity contribution in [1.29, 1.82) is 0 Å². The summed E-state index contributed by atoms with van der Waals surface area (Å²) < 4.78 is 2.47. The van der Waals surface area contributed by atoms with Gasteiger partial charge in [0, 0.05) is 29.1 Å². The Labute approximate surface area is 136 Å². The van der Waals surface area contributed by atoms with Gasteiger partial charge in [0.05, 0.1) is 6.54 Å². The van der Waals surface area contributed by atoms with Gasteiger partial charge in [-0.2, -0.15) is 0 Å². The first kappa shape index (κ1) is 16.2. The number of halogens is 1. The van der Waals surface area contributed by atoms with Crippen molar-refractivity contribution in [3.63, 3.8) is 0 Å². The van der Waals surface area contributed by atoms with Crippen LogP contribution in [0.1, 0.15) is 12.5 Å². The molecular weight excluding hydrogens is 348 g/mol. The van der Waals surface area contributed by atoms with E-state index in [9.17, 15) is 9.59 Å². The van der Waals surface area contributed by atoms with Crippen molar-refractivity contribution in [3.8, 4) is 0 Å². The van der Waals surface area contributed by atoms with E-state index in [1.807, 2.05) is 32.0 Å². The lowest BCUT2D eigenvalue weighted by Gasteiger charge is -2.10. The molecule has 22 heavy (non-hydrogen) atoms. The molecule has 1 heterocycles. The summed E-state index contributed by atoms with van der Waals surface area (Å²) >= 11 is 3.37. The summed E-state index contributed by atoms with van der Waals surface area (Å²) in [6.07, 6.45) is 3.14. The van der Waals surface area contributed by atoms with Crippen molar-refractivity contribution in [2.75, 3.05) is 17.2 Å². The highest BCUT2D eigenvalue weighted by molar-refractivity contribution is 9.10. The Bertz CT molecular complexity index is 743. The van der Waals surface area contributed by atoms with Crippen molar-refractivity contribution in [2.24, 2.45) is 0 Å². The zero-order valence-electron chi connectivity index (χ0n) is 12.4. The fraction of sp³-hybridized carbons (Fsp3) is 0.267. The predicted molar refractivity (Wildman–Crippen MR) is 90.2 cm³/mol. The summed E-state index contributed by atoms with van der Waals surface area (Å²) in [6, 6.07) is 5.60. The van der Waals surface area contributed by atoms with Gasteiger partial charge in [-0.3, -0.25) is 9.59 Å². The number of benzene rings is 1. The molecule has 0 radical (unpaired) electrons. The van der Waals surface area contributed by atoms with Crippen LogP contribution in [-0.2, 0) is 11.3 Å². The zero-order chi connectivity index (χ0) is 16.1. The second-order valence-electron chi connectivity index (χ2n) is 4.73. The quantitative estimate of drug-likeness (QED) is 0.853. The number of carbonyl (C=O) groups is 1. The van der Waals surface area contributed by atoms with Crippen LogP contribution < -0.4 is 16.2 Å².